The van der Waals surface area contributed by atoms with E-state index in [2.05, 4.69) is 0 Å². The van der Waals surface area contributed by atoms with Crippen molar-refractivity contribution < 1.29 is 43.6 Å². The van der Waals surface area contributed by atoms with Crippen molar-refractivity contribution in [3.8, 4) is 0 Å². The Bertz CT molecular complexity index is 1960. The van der Waals surface area contributed by atoms with Crippen molar-refractivity contribution in [3.63, 3.8) is 0 Å². The number of carbonyl (C=O) groups is 4. The molecular formula is C40H44N4O9. The van der Waals surface area contributed by atoms with Gasteiger partial charge in [0, 0.05) is 35.3 Å². The molecule has 0 bridgehead atoms. The van der Waals surface area contributed by atoms with Gasteiger partial charge >= 0.3 is 12.2 Å². The topological polar surface area (TPSA) is 149 Å². The van der Waals surface area contributed by atoms with Gasteiger partial charge in [0.2, 0.25) is 5.91 Å². The minimum Gasteiger partial charge on any atom is -0.447 e. The number of carbonyl (C=O) groups excluding carboxylic acids is 4. The third-order valence-corrected chi connectivity index (χ3v) is 11.7. The molecular weight excluding hydrogens is 680 g/mol. The monoisotopic (exact) mass is 724 g/mol. The van der Waals surface area contributed by atoms with E-state index < -0.39 is 47.4 Å². The Morgan fingerprint density at radius 1 is 0.906 bits per heavy atom. The summed E-state index contributed by atoms with van der Waals surface area (Å²) in [6.07, 6.45) is -1.34. The van der Waals surface area contributed by atoms with E-state index in [0.29, 0.717) is 55.3 Å². The molecule has 5 aliphatic rings. The zero-order chi connectivity index (χ0) is 37.2. The number of anilines is 3. The number of fused-ring (bicyclic) bond motifs is 3. The molecule has 3 saturated heterocycles. The van der Waals surface area contributed by atoms with Gasteiger partial charge in [0.25, 0.3) is 5.91 Å². The summed E-state index contributed by atoms with van der Waals surface area (Å²) in [5, 5.41) is 22.0. The first kappa shape index (κ1) is 35.1. The summed E-state index contributed by atoms with van der Waals surface area (Å²) in [6.45, 7) is 6.92. The zero-order valence-electron chi connectivity index (χ0n) is 30.1. The van der Waals surface area contributed by atoms with E-state index >= 15 is 4.79 Å². The highest BCUT2D eigenvalue weighted by molar-refractivity contribution is 6.08. The molecule has 3 aromatic rings. The molecule has 13 nitrogen and oxygen atoms in total. The molecule has 1 spiro atoms. The number of hydrogen-bond acceptors (Lipinski definition) is 9. The quantitative estimate of drug-likeness (QED) is 0.350. The van der Waals surface area contributed by atoms with Crippen molar-refractivity contribution in [1.82, 2.24) is 4.90 Å². The molecule has 5 aliphatic heterocycles. The van der Waals surface area contributed by atoms with Gasteiger partial charge in [-0.25, -0.2) is 9.59 Å². The molecule has 4 amide bonds. The Labute approximate surface area is 307 Å². The van der Waals surface area contributed by atoms with Gasteiger partial charge in [0.1, 0.15) is 13.2 Å². The standard InChI is InChI=1S/C40H44N4O9/c1-24-35(39(2,3)50)33(20-34(46)43-22-27-7-5-4-6-26(27)18-30(43)23-45)53-40(24)31-19-29(42-15-17-52-38(42)49)12-13-32(31)44(36(40)47)21-25-8-10-28(11-9-25)41-14-16-51-37(41)48/h4-13,19,24,30,33,35,45,50H,14-18,20-23H2,1-3H3/t24-,30+,33+,35-,40+/m1/s1. The van der Waals surface area contributed by atoms with Crippen LogP contribution in [0.5, 0.6) is 0 Å². The van der Waals surface area contributed by atoms with Crippen LogP contribution >= 0.6 is 0 Å². The number of hydrogen-bond donors (Lipinski definition) is 2. The Balaban J connectivity index is 1.15. The summed E-state index contributed by atoms with van der Waals surface area (Å²) in [7, 11) is 0. The van der Waals surface area contributed by atoms with E-state index in [-0.39, 0.29) is 38.0 Å². The van der Waals surface area contributed by atoms with Gasteiger partial charge in [-0.05, 0) is 67.3 Å². The number of aliphatic hydroxyl groups is 2. The first-order valence-corrected chi connectivity index (χ1v) is 18.2. The van der Waals surface area contributed by atoms with Crippen molar-refractivity contribution in [2.45, 2.75) is 70.1 Å². The first-order chi connectivity index (χ1) is 25.4. The van der Waals surface area contributed by atoms with Crippen LogP contribution in [0.25, 0.3) is 0 Å². The molecule has 3 aromatic carbocycles. The highest BCUT2D eigenvalue weighted by Crippen LogP contribution is 2.58. The highest BCUT2D eigenvalue weighted by Gasteiger charge is 2.66. The Morgan fingerprint density at radius 2 is 1.55 bits per heavy atom. The van der Waals surface area contributed by atoms with Crippen LogP contribution in [0.3, 0.4) is 0 Å². The maximum absolute atomic E-state index is 15.1. The Kier molecular flexibility index (Phi) is 8.70. The summed E-state index contributed by atoms with van der Waals surface area (Å²) in [4.78, 5) is 60.5. The molecule has 0 radical (unpaired) electrons. The smallest absolute Gasteiger partial charge is 0.414 e. The predicted octanol–water partition coefficient (Wildman–Crippen LogP) is 4.10. The minimum atomic E-state index is -1.59. The molecule has 0 aromatic heterocycles. The van der Waals surface area contributed by atoms with Gasteiger partial charge in [-0.1, -0.05) is 43.3 Å². The summed E-state index contributed by atoms with van der Waals surface area (Å²) in [6, 6.07) is 20.2. The van der Waals surface area contributed by atoms with Crippen molar-refractivity contribution in [3.05, 3.63) is 89.0 Å². The zero-order valence-corrected chi connectivity index (χ0v) is 30.1. The number of amides is 4. The number of ether oxygens (including phenoxy) is 3. The van der Waals surface area contributed by atoms with Crippen molar-refractivity contribution in [2.75, 3.05) is 47.6 Å². The average molecular weight is 725 g/mol. The van der Waals surface area contributed by atoms with E-state index in [9.17, 15) is 24.6 Å². The minimum absolute atomic E-state index is 0.111. The van der Waals surface area contributed by atoms with Crippen LogP contribution < -0.4 is 14.7 Å². The first-order valence-electron chi connectivity index (χ1n) is 18.2. The maximum atomic E-state index is 15.1. The molecule has 0 aliphatic carbocycles. The summed E-state index contributed by atoms with van der Waals surface area (Å²) >= 11 is 0. The lowest BCUT2D eigenvalue weighted by Crippen LogP contribution is -2.48. The normalized spacial score (nSPS) is 26.7. The van der Waals surface area contributed by atoms with Crippen LogP contribution in [0.4, 0.5) is 26.7 Å². The van der Waals surface area contributed by atoms with Crippen LogP contribution in [0.2, 0.25) is 0 Å². The summed E-state index contributed by atoms with van der Waals surface area (Å²) < 4.78 is 17.3. The van der Waals surface area contributed by atoms with Gasteiger partial charge in [-0.15, -0.1) is 0 Å². The second kappa shape index (κ2) is 13.2. The number of benzene rings is 3. The fraction of sp³-hybridized carbons (Fsp3) is 0.450. The van der Waals surface area contributed by atoms with Crippen molar-refractivity contribution in [1.29, 1.82) is 0 Å². The Morgan fingerprint density at radius 3 is 2.17 bits per heavy atom. The van der Waals surface area contributed by atoms with Gasteiger partial charge in [0.15, 0.2) is 5.60 Å². The van der Waals surface area contributed by atoms with Crippen molar-refractivity contribution in [2.24, 2.45) is 11.8 Å². The van der Waals surface area contributed by atoms with E-state index in [1.807, 2.05) is 61.5 Å². The number of cyclic esters (lactones) is 2. The van der Waals surface area contributed by atoms with E-state index in [1.54, 1.807) is 40.7 Å². The third kappa shape index (κ3) is 5.81. The average Bonchev–Trinajstić information content (AvgIpc) is 3.90. The van der Waals surface area contributed by atoms with Gasteiger partial charge < -0.3 is 34.2 Å². The second-order valence-corrected chi connectivity index (χ2v) is 15.2. The van der Waals surface area contributed by atoms with E-state index in [1.165, 1.54) is 4.90 Å². The molecule has 53 heavy (non-hydrogen) atoms. The lowest BCUT2D eigenvalue weighted by molar-refractivity contribution is -0.151. The van der Waals surface area contributed by atoms with Crippen LogP contribution in [0.1, 0.15) is 49.4 Å². The fourth-order valence-electron chi connectivity index (χ4n) is 9.14. The molecule has 0 saturated carbocycles. The van der Waals surface area contributed by atoms with Gasteiger partial charge in [-0.3, -0.25) is 19.4 Å². The highest BCUT2D eigenvalue weighted by atomic mass is 16.6. The third-order valence-electron chi connectivity index (χ3n) is 11.7. The SMILES string of the molecule is C[C@@H]1[C@@H](C(C)(C)O)[C@H](CC(=O)N2Cc3ccccc3C[C@H]2CO)O[C@@]12C(=O)N(Cc1ccc(N3CCOC3=O)cc1)c1ccc(N3CCOC3=O)cc12. The fourth-order valence-corrected chi connectivity index (χ4v) is 9.14. The Hall–Kier alpha value is -4.98. The number of aliphatic hydroxyl groups excluding tert-OH is 1. The molecule has 0 unspecified atom stereocenters. The van der Waals surface area contributed by atoms with Crippen molar-refractivity contribution >= 4 is 41.1 Å². The predicted molar refractivity (Wildman–Crippen MR) is 193 cm³/mol. The van der Waals surface area contributed by atoms with Gasteiger partial charge in [-0.2, -0.15) is 0 Å². The molecule has 5 atom stereocenters. The lowest BCUT2D eigenvalue weighted by Gasteiger charge is -2.38. The largest absolute Gasteiger partial charge is 0.447 e. The molecule has 2 N–H and O–H groups in total. The van der Waals surface area contributed by atoms with Gasteiger partial charge in [0.05, 0.1) is 56.1 Å². The second-order valence-electron chi connectivity index (χ2n) is 15.2. The molecule has 278 valence electrons. The van der Waals surface area contributed by atoms with Crippen LogP contribution in [-0.4, -0.2) is 89.8 Å². The molecule has 13 heteroatoms. The van der Waals surface area contributed by atoms with E-state index in [4.69, 9.17) is 14.2 Å². The summed E-state index contributed by atoms with van der Waals surface area (Å²) in [5.74, 6) is -1.82. The molecule has 5 heterocycles. The van der Waals surface area contributed by atoms with Crippen LogP contribution in [0, 0.1) is 11.8 Å². The molecule has 3 fully saturated rings. The summed E-state index contributed by atoms with van der Waals surface area (Å²) in [5.41, 5.74) is 2.36. The lowest BCUT2D eigenvalue weighted by atomic mass is 9.70. The molecule has 8 rings (SSSR count). The number of rotatable bonds is 8. The maximum Gasteiger partial charge on any atom is 0.414 e. The van der Waals surface area contributed by atoms with Crippen LogP contribution in [-0.2, 0) is 48.9 Å². The van der Waals surface area contributed by atoms with Crippen LogP contribution in [0.15, 0.2) is 66.7 Å². The number of nitrogens with zero attached hydrogens (tertiary/aromatic N) is 4. The van der Waals surface area contributed by atoms with E-state index in [0.717, 1.165) is 16.7 Å².